The van der Waals surface area contributed by atoms with Crippen LogP contribution < -0.4 is 15.6 Å². The fraction of sp³-hybridized carbons (Fsp3) is 0.0323. The van der Waals surface area contributed by atoms with Crippen LogP contribution in [0.25, 0.3) is 28.0 Å². The Morgan fingerprint density at radius 1 is 0.816 bits per heavy atom. The van der Waals surface area contributed by atoms with Crippen LogP contribution in [0, 0.1) is 5.82 Å². The first-order valence-corrected chi connectivity index (χ1v) is 12.2. The molecule has 2 heterocycles. The van der Waals surface area contributed by atoms with Crippen molar-refractivity contribution in [3.63, 3.8) is 0 Å². The molecule has 0 bridgehead atoms. The summed E-state index contributed by atoms with van der Waals surface area (Å²) in [5.41, 5.74) is 3.99. The first-order chi connectivity index (χ1) is 18.6. The lowest BCUT2D eigenvalue weighted by Gasteiger charge is -2.09. The monoisotopic (exact) mass is 502 g/mol. The lowest BCUT2D eigenvalue weighted by atomic mass is 10.1. The molecule has 6 aromatic rings. The van der Waals surface area contributed by atoms with Gasteiger partial charge in [0.25, 0.3) is 5.56 Å². The van der Waals surface area contributed by atoms with Crippen LogP contribution in [0.3, 0.4) is 0 Å². The molecule has 0 aliphatic heterocycles. The second kappa shape index (κ2) is 10.1. The molecule has 0 aliphatic rings. The van der Waals surface area contributed by atoms with Crippen LogP contribution in [-0.4, -0.2) is 14.8 Å². The van der Waals surface area contributed by atoms with Gasteiger partial charge in [0.2, 0.25) is 0 Å². The Balaban J connectivity index is 1.31. The lowest BCUT2D eigenvalue weighted by Crippen LogP contribution is -2.16. The van der Waals surface area contributed by atoms with Gasteiger partial charge in [0, 0.05) is 28.7 Å². The number of H-pyrrole nitrogens is 1. The number of nitrogens with zero attached hydrogens (tertiary/aromatic N) is 2. The molecule has 38 heavy (non-hydrogen) atoms. The number of rotatable bonds is 7. The molecule has 0 amide bonds. The average Bonchev–Trinajstić information content (AvgIpc) is 3.32. The predicted octanol–water partition coefficient (Wildman–Crippen LogP) is 6.92. The highest BCUT2D eigenvalue weighted by atomic mass is 19.1. The van der Waals surface area contributed by atoms with Crippen molar-refractivity contribution in [2.75, 3.05) is 5.32 Å². The van der Waals surface area contributed by atoms with E-state index in [4.69, 9.17) is 9.84 Å². The smallest absolute Gasteiger partial charge is 0.254 e. The van der Waals surface area contributed by atoms with Gasteiger partial charge in [0.1, 0.15) is 28.7 Å². The van der Waals surface area contributed by atoms with Gasteiger partial charge in [-0.2, -0.15) is 5.10 Å². The Kier molecular flexibility index (Phi) is 6.16. The van der Waals surface area contributed by atoms with Gasteiger partial charge in [0.15, 0.2) is 0 Å². The fourth-order valence-electron chi connectivity index (χ4n) is 4.29. The summed E-state index contributed by atoms with van der Waals surface area (Å²) < 4.78 is 21.2. The highest BCUT2D eigenvalue weighted by Gasteiger charge is 2.17. The summed E-state index contributed by atoms with van der Waals surface area (Å²) in [6.07, 6.45) is 0. The summed E-state index contributed by atoms with van der Waals surface area (Å²) in [5, 5.41) is 8.87. The average molecular weight is 503 g/mol. The number of benzene rings is 4. The third-order valence-corrected chi connectivity index (χ3v) is 6.20. The van der Waals surface area contributed by atoms with Crippen molar-refractivity contribution in [3.05, 3.63) is 137 Å². The molecule has 0 spiro atoms. The van der Waals surface area contributed by atoms with Crippen molar-refractivity contribution in [1.82, 2.24) is 14.8 Å². The Labute approximate surface area is 218 Å². The summed E-state index contributed by atoms with van der Waals surface area (Å²) in [4.78, 5) is 16.1. The number of fused-ring (bicyclic) bond motifs is 1. The minimum absolute atomic E-state index is 0.211. The molecule has 6 nitrogen and oxygen atoms in total. The minimum Gasteiger partial charge on any atom is -0.457 e. The van der Waals surface area contributed by atoms with Crippen molar-refractivity contribution in [3.8, 4) is 28.4 Å². The molecule has 4 aromatic carbocycles. The zero-order valence-electron chi connectivity index (χ0n) is 20.3. The maximum absolute atomic E-state index is 13.6. The number of aromatic amines is 1. The van der Waals surface area contributed by atoms with Crippen molar-refractivity contribution in [1.29, 1.82) is 0 Å². The Bertz CT molecular complexity index is 1740. The molecule has 0 saturated heterocycles. The number of nitrogens with one attached hydrogen (secondary N) is 2. The molecular weight excluding hydrogens is 479 g/mol. The van der Waals surface area contributed by atoms with E-state index in [1.54, 1.807) is 16.8 Å². The largest absolute Gasteiger partial charge is 0.457 e. The second-order valence-electron chi connectivity index (χ2n) is 8.78. The third-order valence-electron chi connectivity index (χ3n) is 6.20. The van der Waals surface area contributed by atoms with E-state index in [1.807, 2.05) is 91.0 Å². The van der Waals surface area contributed by atoms with E-state index in [0.29, 0.717) is 23.4 Å². The molecule has 0 fully saturated rings. The summed E-state index contributed by atoms with van der Waals surface area (Å²) in [6.45, 7) is 0.309. The molecule has 0 saturated carbocycles. The first kappa shape index (κ1) is 23.2. The molecule has 0 unspecified atom stereocenters. The van der Waals surface area contributed by atoms with Gasteiger partial charge in [-0.15, -0.1) is 0 Å². The van der Waals surface area contributed by atoms with Gasteiger partial charge in [-0.25, -0.2) is 9.07 Å². The number of anilines is 1. The zero-order valence-corrected chi connectivity index (χ0v) is 20.3. The highest BCUT2D eigenvalue weighted by Crippen LogP contribution is 2.29. The molecule has 7 heteroatoms. The molecule has 2 aromatic heterocycles. The van der Waals surface area contributed by atoms with Crippen LogP contribution in [0.4, 0.5) is 10.1 Å². The van der Waals surface area contributed by atoms with Crippen LogP contribution in [0.2, 0.25) is 0 Å². The fourth-order valence-corrected chi connectivity index (χ4v) is 4.29. The number of hydrogen-bond acceptors (Lipinski definition) is 4. The van der Waals surface area contributed by atoms with E-state index in [0.717, 1.165) is 33.8 Å². The van der Waals surface area contributed by atoms with Gasteiger partial charge in [-0.3, -0.25) is 4.79 Å². The van der Waals surface area contributed by atoms with Crippen LogP contribution in [0.1, 0.15) is 5.56 Å². The topological polar surface area (TPSA) is 71.9 Å². The maximum atomic E-state index is 13.6. The molecule has 186 valence electrons. The van der Waals surface area contributed by atoms with Crippen molar-refractivity contribution >= 4 is 16.7 Å². The molecule has 2 N–H and O–H groups in total. The predicted molar refractivity (Wildman–Crippen MR) is 147 cm³/mol. The van der Waals surface area contributed by atoms with E-state index >= 15 is 0 Å². The standard InChI is InChI=1S/C31H23FN4O2/c32-23-13-11-21(12-14-23)29-28-19-22(31(37)34-30(28)36(35-29)25-7-3-1-4-8-25)20-33-24-15-17-27(18-16-24)38-26-9-5-2-6-10-26/h1-19,33H,20H2,(H,34,37). The van der Waals surface area contributed by atoms with Gasteiger partial charge < -0.3 is 15.0 Å². The van der Waals surface area contributed by atoms with Gasteiger partial charge in [-0.05, 0) is 78.9 Å². The molecule has 0 atom stereocenters. The van der Waals surface area contributed by atoms with E-state index in [1.165, 1.54) is 12.1 Å². The van der Waals surface area contributed by atoms with E-state index in [2.05, 4.69) is 10.3 Å². The molecule has 0 radical (unpaired) electrons. The Morgan fingerprint density at radius 3 is 2.18 bits per heavy atom. The zero-order chi connectivity index (χ0) is 25.9. The second-order valence-corrected chi connectivity index (χ2v) is 8.78. The van der Waals surface area contributed by atoms with E-state index in [9.17, 15) is 9.18 Å². The maximum Gasteiger partial charge on any atom is 0.254 e. The number of aromatic nitrogens is 3. The highest BCUT2D eigenvalue weighted by molar-refractivity contribution is 5.92. The molecular formula is C31H23FN4O2. The molecule has 6 rings (SSSR count). The van der Waals surface area contributed by atoms with E-state index < -0.39 is 0 Å². The summed E-state index contributed by atoms with van der Waals surface area (Å²) in [6, 6.07) is 34.7. The van der Waals surface area contributed by atoms with Crippen LogP contribution >= 0.6 is 0 Å². The molecule has 0 aliphatic carbocycles. The summed E-state index contributed by atoms with van der Waals surface area (Å²) in [5.74, 6) is 1.17. The van der Waals surface area contributed by atoms with E-state index in [-0.39, 0.29) is 11.4 Å². The number of pyridine rings is 1. The first-order valence-electron chi connectivity index (χ1n) is 12.2. The Hall–Kier alpha value is -5.17. The van der Waals surface area contributed by atoms with Gasteiger partial charge in [-0.1, -0.05) is 36.4 Å². The van der Waals surface area contributed by atoms with Crippen LogP contribution in [-0.2, 0) is 6.54 Å². The SMILES string of the molecule is O=c1[nH]c2c(cc1CNc1ccc(Oc3ccccc3)cc1)c(-c1ccc(F)cc1)nn2-c1ccccc1. The number of para-hydroxylation sites is 2. The van der Waals surface area contributed by atoms with Crippen LogP contribution in [0.15, 0.2) is 120 Å². The van der Waals surface area contributed by atoms with Crippen molar-refractivity contribution < 1.29 is 9.13 Å². The third kappa shape index (κ3) is 4.77. The Morgan fingerprint density at radius 2 is 1.47 bits per heavy atom. The normalized spacial score (nSPS) is 11.0. The van der Waals surface area contributed by atoms with Crippen molar-refractivity contribution in [2.45, 2.75) is 6.54 Å². The number of hydrogen-bond donors (Lipinski definition) is 2. The number of halogens is 1. The van der Waals surface area contributed by atoms with Crippen LogP contribution in [0.5, 0.6) is 11.5 Å². The summed E-state index contributed by atoms with van der Waals surface area (Å²) in [7, 11) is 0. The minimum atomic E-state index is -0.320. The van der Waals surface area contributed by atoms with Gasteiger partial charge in [0.05, 0.1) is 5.69 Å². The van der Waals surface area contributed by atoms with Gasteiger partial charge >= 0.3 is 0 Å². The lowest BCUT2D eigenvalue weighted by molar-refractivity contribution is 0.483. The summed E-state index contributed by atoms with van der Waals surface area (Å²) >= 11 is 0. The quantitative estimate of drug-likeness (QED) is 0.248. The van der Waals surface area contributed by atoms with Crippen molar-refractivity contribution in [2.24, 2.45) is 0 Å². The number of ether oxygens (including phenoxy) is 1.